The van der Waals surface area contributed by atoms with Crippen molar-refractivity contribution in [1.82, 2.24) is 24.5 Å². The average molecular weight is 457 g/mol. The number of hydrogen-bond acceptors (Lipinski definition) is 7. The van der Waals surface area contributed by atoms with Gasteiger partial charge in [0.1, 0.15) is 0 Å². The average Bonchev–Trinajstić information content (AvgIpc) is 3.49. The molecule has 0 aliphatic carbocycles. The Morgan fingerprint density at radius 3 is 2.48 bits per heavy atom. The molecular formula is C25H24N6OS. The molecule has 4 aromatic heterocycles. The first-order valence-corrected chi connectivity index (χ1v) is 11.9. The van der Waals surface area contributed by atoms with Crippen molar-refractivity contribution in [2.24, 2.45) is 0 Å². The molecule has 7 nitrogen and oxygen atoms in total. The second-order valence-corrected chi connectivity index (χ2v) is 8.73. The lowest BCUT2D eigenvalue weighted by molar-refractivity contribution is 0.565. The number of nitrogens with zero attached hydrogens (tertiary/aromatic N) is 5. The third kappa shape index (κ3) is 4.90. The summed E-state index contributed by atoms with van der Waals surface area (Å²) in [5.41, 5.74) is 10.2. The first-order valence-electron chi connectivity index (χ1n) is 10.9. The number of rotatable bonds is 9. The molecule has 0 spiro atoms. The summed E-state index contributed by atoms with van der Waals surface area (Å²) < 4.78 is 7.74. The highest BCUT2D eigenvalue weighted by atomic mass is 32.2. The Balaban J connectivity index is 1.41. The number of thioether (sulfide) groups is 1. The molecule has 5 aromatic rings. The Morgan fingerprint density at radius 1 is 0.879 bits per heavy atom. The van der Waals surface area contributed by atoms with Crippen LogP contribution in [-0.2, 0) is 19.4 Å². The van der Waals surface area contributed by atoms with Crippen molar-refractivity contribution in [3.05, 3.63) is 84.4 Å². The highest BCUT2D eigenvalue weighted by Gasteiger charge is 2.19. The smallest absolute Gasteiger partial charge is 0.191 e. The minimum absolute atomic E-state index is 0.392. The Kier molecular flexibility index (Phi) is 6.34. The van der Waals surface area contributed by atoms with Crippen molar-refractivity contribution >= 4 is 28.7 Å². The van der Waals surface area contributed by atoms with Crippen LogP contribution in [0.5, 0.6) is 0 Å². The molecule has 8 heteroatoms. The van der Waals surface area contributed by atoms with Crippen LogP contribution in [-0.4, -0.2) is 30.3 Å². The van der Waals surface area contributed by atoms with Gasteiger partial charge >= 0.3 is 0 Å². The predicted molar refractivity (Wildman–Crippen MR) is 131 cm³/mol. The van der Waals surface area contributed by atoms with Crippen LogP contribution in [0, 0.1) is 0 Å². The number of furan rings is 1. The molecule has 0 saturated carbocycles. The third-order valence-electron chi connectivity index (χ3n) is 5.40. The molecule has 2 N–H and O–H groups in total. The lowest BCUT2D eigenvalue weighted by Crippen LogP contribution is -2.05. The minimum Gasteiger partial charge on any atom is -0.461 e. The summed E-state index contributed by atoms with van der Waals surface area (Å²) in [6.07, 6.45) is 8.08. The van der Waals surface area contributed by atoms with Crippen molar-refractivity contribution in [2.75, 3.05) is 11.5 Å². The monoisotopic (exact) mass is 456 g/mol. The van der Waals surface area contributed by atoms with Gasteiger partial charge in [-0.05, 0) is 54.7 Å². The summed E-state index contributed by atoms with van der Waals surface area (Å²) in [6.45, 7) is 0.736. The Labute approximate surface area is 196 Å². The van der Waals surface area contributed by atoms with Crippen molar-refractivity contribution in [3.8, 4) is 11.6 Å². The maximum absolute atomic E-state index is 6.32. The zero-order valence-electron chi connectivity index (χ0n) is 18.1. The molecule has 5 rings (SSSR count). The van der Waals surface area contributed by atoms with E-state index >= 15 is 0 Å². The highest BCUT2D eigenvalue weighted by molar-refractivity contribution is 7.99. The molecule has 0 fully saturated rings. The summed E-state index contributed by atoms with van der Waals surface area (Å²) in [5, 5.41) is 0.664. The maximum Gasteiger partial charge on any atom is 0.191 e. The largest absolute Gasteiger partial charge is 0.461 e. The number of benzene rings is 1. The number of nitrogen functional groups attached to an aromatic ring is 1. The standard InChI is InChI=1S/C25H24N6OS/c26-22-21-24(30-25(29-22)33-17-12-18-6-2-1-3-7-18)31(23(28-21)20-9-5-16-32-20)15-4-8-19-10-13-27-14-11-19/h1-3,5-7,9-11,13-14,16H,4,8,12,15,17H2,(H2,26,29,30). The number of aryl methyl sites for hydroxylation is 3. The lowest BCUT2D eigenvalue weighted by atomic mass is 10.1. The summed E-state index contributed by atoms with van der Waals surface area (Å²) in [4.78, 5) is 18.2. The van der Waals surface area contributed by atoms with Crippen molar-refractivity contribution in [3.63, 3.8) is 0 Å². The maximum atomic E-state index is 6.32. The van der Waals surface area contributed by atoms with Gasteiger partial charge in [0.05, 0.1) is 6.26 Å². The first kappa shape index (κ1) is 21.2. The van der Waals surface area contributed by atoms with E-state index in [-0.39, 0.29) is 0 Å². The molecule has 0 radical (unpaired) electrons. The van der Waals surface area contributed by atoms with Crippen LogP contribution in [0.3, 0.4) is 0 Å². The van der Waals surface area contributed by atoms with Crippen LogP contribution >= 0.6 is 11.8 Å². The zero-order valence-corrected chi connectivity index (χ0v) is 18.9. The number of aromatic nitrogens is 5. The van der Waals surface area contributed by atoms with Gasteiger partial charge in [0.25, 0.3) is 0 Å². The number of imidazole rings is 1. The van der Waals surface area contributed by atoms with E-state index in [0.29, 0.717) is 22.3 Å². The topological polar surface area (TPSA) is 95.6 Å². The summed E-state index contributed by atoms with van der Waals surface area (Å²) in [5.74, 6) is 2.67. The number of pyridine rings is 1. The number of nitrogens with two attached hydrogens (primary N) is 1. The number of fused-ring (bicyclic) bond motifs is 1. The molecule has 0 saturated heterocycles. The molecule has 0 aliphatic rings. The van der Waals surface area contributed by atoms with Gasteiger partial charge in [-0.2, -0.15) is 0 Å². The van der Waals surface area contributed by atoms with Crippen LogP contribution in [0.15, 0.2) is 82.8 Å². The van der Waals surface area contributed by atoms with Crippen LogP contribution in [0.1, 0.15) is 17.5 Å². The van der Waals surface area contributed by atoms with Crippen LogP contribution in [0.4, 0.5) is 5.82 Å². The van der Waals surface area contributed by atoms with E-state index in [9.17, 15) is 0 Å². The molecule has 166 valence electrons. The van der Waals surface area contributed by atoms with E-state index in [1.54, 1.807) is 18.0 Å². The Hall–Kier alpha value is -3.65. The van der Waals surface area contributed by atoms with Gasteiger partial charge < -0.3 is 14.7 Å². The second-order valence-electron chi connectivity index (χ2n) is 7.67. The van der Waals surface area contributed by atoms with Crippen LogP contribution < -0.4 is 5.73 Å². The third-order valence-corrected chi connectivity index (χ3v) is 6.25. The molecular weight excluding hydrogens is 432 g/mol. The molecule has 0 atom stereocenters. The molecule has 0 aliphatic heterocycles. The van der Waals surface area contributed by atoms with Crippen molar-refractivity contribution in [1.29, 1.82) is 0 Å². The van der Waals surface area contributed by atoms with Crippen molar-refractivity contribution < 1.29 is 4.42 Å². The summed E-state index contributed by atoms with van der Waals surface area (Å²) in [7, 11) is 0. The van der Waals surface area contributed by atoms with E-state index in [1.807, 2.05) is 42.7 Å². The molecule has 0 bridgehead atoms. The summed E-state index contributed by atoms with van der Waals surface area (Å²) >= 11 is 1.61. The molecule has 0 unspecified atom stereocenters. The molecule has 1 aromatic carbocycles. The molecule has 0 amide bonds. The van der Waals surface area contributed by atoms with E-state index in [4.69, 9.17) is 20.1 Å². The van der Waals surface area contributed by atoms with Crippen LogP contribution in [0.25, 0.3) is 22.7 Å². The van der Waals surface area contributed by atoms with E-state index in [2.05, 4.69) is 38.8 Å². The van der Waals surface area contributed by atoms with Gasteiger partial charge in [-0.25, -0.2) is 15.0 Å². The number of anilines is 1. The molecule has 4 heterocycles. The van der Waals surface area contributed by atoms with Crippen LogP contribution in [0.2, 0.25) is 0 Å². The SMILES string of the molecule is Nc1nc(SCCc2ccccc2)nc2c1nc(-c1ccco1)n2CCCc1ccncc1. The normalized spacial score (nSPS) is 11.3. The van der Waals surface area contributed by atoms with Gasteiger partial charge in [0.15, 0.2) is 33.7 Å². The Morgan fingerprint density at radius 2 is 1.70 bits per heavy atom. The van der Waals surface area contributed by atoms with Gasteiger partial charge in [0, 0.05) is 24.7 Å². The van der Waals surface area contributed by atoms with E-state index < -0.39 is 0 Å². The number of hydrogen-bond donors (Lipinski definition) is 1. The fraction of sp³-hybridized carbons (Fsp3) is 0.200. The zero-order chi connectivity index (χ0) is 22.5. The molecule has 33 heavy (non-hydrogen) atoms. The summed E-state index contributed by atoms with van der Waals surface area (Å²) in [6, 6.07) is 18.3. The van der Waals surface area contributed by atoms with Crippen molar-refractivity contribution in [2.45, 2.75) is 31.0 Å². The second kappa shape index (κ2) is 9.87. The highest BCUT2D eigenvalue weighted by Crippen LogP contribution is 2.29. The van der Waals surface area contributed by atoms with Gasteiger partial charge in [-0.3, -0.25) is 4.98 Å². The first-order chi connectivity index (χ1) is 16.3. The predicted octanol–water partition coefficient (Wildman–Crippen LogP) is 5.03. The lowest BCUT2D eigenvalue weighted by Gasteiger charge is -2.08. The minimum atomic E-state index is 0.392. The van der Waals surface area contributed by atoms with Gasteiger partial charge in [-0.15, -0.1) is 0 Å². The fourth-order valence-electron chi connectivity index (χ4n) is 3.77. The van der Waals surface area contributed by atoms with Gasteiger partial charge in [-0.1, -0.05) is 42.1 Å². The van der Waals surface area contributed by atoms with Gasteiger partial charge in [0.2, 0.25) is 0 Å². The Bertz CT molecular complexity index is 1320. The quantitative estimate of drug-likeness (QED) is 0.245. The van der Waals surface area contributed by atoms with E-state index in [0.717, 1.165) is 43.0 Å². The fourth-order valence-corrected chi connectivity index (χ4v) is 4.60. The van der Waals surface area contributed by atoms with E-state index in [1.165, 1.54) is 11.1 Å².